The number of aliphatic hydroxyl groups is 1. The Labute approximate surface area is 146 Å². The molecule has 0 aliphatic heterocycles. The molecule has 6 nitrogen and oxygen atoms in total. The quantitative estimate of drug-likeness (QED) is 0.707. The number of nitrogens with zero attached hydrogens (tertiary/aromatic N) is 2. The van der Waals surface area contributed by atoms with Crippen LogP contribution in [0.2, 0.25) is 0 Å². The van der Waals surface area contributed by atoms with E-state index in [1.165, 1.54) is 0 Å². The number of aliphatic hydroxyl groups excluding tert-OH is 1. The Hall–Kier alpha value is -2.86. The fourth-order valence-corrected chi connectivity index (χ4v) is 2.45. The lowest BCUT2D eigenvalue weighted by Gasteiger charge is -2.11. The van der Waals surface area contributed by atoms with Gasteiger partial charge in [0, 0.05) is 11.1 Å². The van der Waals surface area contributed by atoms with Crippen LogP contribution in [0.1, 0.15) is 19.4 Å². The molecule has 0 saturated heterocycles. The van der Waals surface area contributed by atoms with Crippen LogP contribution in [0.3, 0.4) is 0 Å². The Morgan fingerprint density at radius 3 is 2.52 bits per heavy atom. The van der Waals surface area contributed by atoms with Crippen molar-refractivity contribution in [1.29, 1.82) is 0 Å². The molecule has 2 aromatic carbocycles. The van der Waals surface area contributed by atoms with Gasteiger partial charge in [0.05, 0.1) is 19.8 Å². The number of aromatic nitrogens is 2. The molecule has 1 aromatic heterocycles. The smallest absolute Gasteiger partial charge is 0.258 e. The number of rotatable bonds is 7. The minimum Gasteiger partial charge on any atom is -0.490 e. The van der Waals surface area contributed by atoms with E-state index in [4.69, 9.17) is 14.0 Å². The Morgan fingerprint density at radius 2 is 1.76 bits per heavy atom. The highest BCUT2D eigenvalue weighted by atomic mass is 16.5. The standard InChI is InChI=1S/C19H20N2O4/c1-3-23-16-9-8-15(11-17(16)24-4-2)19-20-18(21-25-19)14-7-5-6-13(10-14)12-22/h5-11,22H,3-4,12H2,1-2H3. The Morgan fingerprint density at radius 1 is 0.960 bits per heavy atom. The number of ether oxygens (including phenoxy) is 2. The average Bonchev–Trinajstić information content (AvgIpc) is 3.14. The fourth-order valence-electron chi connectivity index (χ4n) is 2.45. The van der Waals surface area contributed by atoms with Crippen molar-refractivity contribution in [2.24, 2.45) is 0 Å². The van der Waals surface area contributed by atoms with Gasteiger partial charge in [0.1, 0.15) is 0 Å². The summed E-state index contributed by atoms with van der Waals surface area (Å²) in [5.41, 5.74) is 2.34. The SMILES string of the molecule is CCOc1ccc(-c2nc(-c3cccc(CO)c3)no2)cc1OCC. The summed E-state index contributed by atoms with van der Waals surface area (Å²) in [6.07, 6.45) is 0. The summed E-state index contributed by atoms with van der Waals surface area (Å²) in [7, 11) is 0. The normalized spacial score (nSPS) is 10.7. The van der Waals surface area contributed by atoms with E-state index in [0.717, 1.165) is 16.7 Å². The van der Waals surface area contributed by atoms with Crippen LogP contribution in [-0.2, 0) is 6.61 Å². The van der Waals surface area contributed by atoms with Crippen LogP contribution in [-0.4, -0.2) is 28.5 Å². The molecule has 0 atom stereocenters. The zero-order valence-electron chi connectivity index (χ0n) is 14.2. The van der Waals surface area contributed by atoms with Gasteiger partial charge in [-0.15, -0.1) is 0 Å². The highest BCUT2D eigenvalue weighted by Gasteiger charge is 2.14. The number of hydrogen-bond acceptors (Lipinski definition) is 6. The first-order valence-corrected chi connectivity index (χ1v) is 8.19. The minimum atomic E-state index is -0.0326. The van der Waals surface area contributed by atoms with Crippen molar-refractivity contribution < 1.29 is 19.1 Å². The predicted molar refractivity (Wildman–Crippen MR) is 93.4 cm³/mol. The summed E-state index contributed by atoms with van der Waals surface area (Å²) >= 11 is 0. The van der Waals surface area contributed by atoms with Gasteiger partial charge in [-0.25, -0.2) is 0 Å². The van der Waals surface area contributed by atoms with E-state index in [0.29, 0.717) is 36.4 Å². The highest BCUT2D eigenvalue weighted by molar-refractivity contribution is 5.63. The van der Waals surface area contributed by atoms with E-state index in [2.05, 4.69) is 10.1 Å². The molecule has 0 fully saturated rings. The van der Waals surface area contributed by atoms with Gasteiger partial charge in [-0.1, -0.05) is 23.4 Å². The van der Waals surface area contributed by atoms with Crippen LogP contribution in [0, 0.1) is 0 Å². The summed E-state index contributed by atoms with van der Waals surface area (Å²) in [6.45, 7) is 4.91. The zero-order chi connectivity index (χ0) is 17.6. The van der Waals surface area contributed by atoms with E-state index >= 15 is 0 Å². The van der Waals surface area contributed by atoms with E-state index < -0.39 is 0 Å². The maximum Gasteiger partial charge on any atom is 0.258 e. The van der Waals surface area contributed by atoms with Crippen molar-refractivity contribution in [1.82, 2.24) is 10.1 Å². The second-order valence-corrected chi connectivity index (χ2v) is 5.31. The fraction of sp³-hybridized carbons (Fsp3) is 0.263. The monoisotopic (exact) mass is 340 g/mol. The van der Waals surface area contributed by atoms with Crippen LogP contribution >= 0.6 is 0 Å². The largest absolute Gasteiger partial charge is 0.490 e. The molecule has 0 unspecified atom stereocenters. The van der Waals surface area contributed by atoms with E-state index in [1.807, 2.05) is 56.3 Å². The summed E-state index contributed by atoms with van der Waals surface area (Å²) < 4.78 is 16.6. The molecule has 0 aliphatic rings. The molecule has 25 heavy (non-hydrogen) atoms. The second kappa shape index (κ2) is 7.81. The third-order valence-corrected chi connectivity index (χ3v) is 3.58. The van der Waals surface area contributed by atoms with Gasteiger partial charge in [-0.05, 0) is 43.7 Å². The molecule has 6 heteroatoms. The molecule has 130 valence electrons. The molecule has 0 saturated carbocycles. The van der Waals surface area contributed by atoms with E-state index in [-0.39, 0.29) is 6.61 Å². The van der Waals surface area contributed by atoms with Gasteiger partial charge < -0.3 is 19.1 Å². The van der Waals surface area contributed by atoms with Gasteiger partial charge in [-0.2, -0.15) is 4.98 Å². The third-order valence-electron chi connectivity index (χ3n) is 3.58. The van der Waals surface area contributed by atoms with Gasteiger partial charge in [-0.3, -0.25) is 0 Å². The van der Waals surface area contributed by atoms with Gasteiger partial charge in [0.25, 0.3) is 5.89 Å². The lowest BCUT2D eigenvalue weighted by Crippen LogP contribution is -1.98. The molecule has 0 bridgehead atoms. The summed E-state index contributed by atoms with van der Waals surface area (Å²) in [6, 6.07) is 12.9. The van der Waals surface area contributed by atoms with Gasteiger partial charge in [0.15, 0.2) is 11.5 Å². The molecule has 1 heterocycles. The van der Waals surface area contributed by atoms with Crippen molar-refractivity contribution in [2.75, 3.05) is 13.2 Å². The van der Waals surface area contributed by atoms with Crippen molar-refractivity contribution in [3.8, 4) is 34.3 Å². The summed E-state index contributed by atoms with van der Waals surface area (Å²) in [4.78, 5) is 4.45. The molecule has 0 aliphatic carbocycles. The van der Waals surface area contributed by atoms with Crippen molar-refractivity contribution in [3.63, 3.8) is 0 Å². The predicted octanol–water partition coefficient (Wildman–Crippen LogP) is 3.69. The molecule has 3 aromatic rings. The van der Waals surface area contributed by atoms with E-state index in [1.54, 1.807) is 0 Å². The van der Waals surface area contributed by atoms with Crippen LogP contribution < -0.4 is 9.47 Å². The van der Waals surface area contributed by atoms with E-state index in [9.17, 15) is 5.11 Å². The van der Waals surface area contributed by atoms with Crippen molar-refractivity contribution in [2.45, 2.75) is 20.5 Å². The van der Waals surface area contributed by atoms with Gasteiger partial charge in [0.2, 0.25) is 5.82 Å². The topological polar surface area (TPSA) is 77.6 Å². The van der Waals surface area contributed by atoms with Crippen molar-refractivity contribution >= 4 is 0 Å². The lowest BCUT2D eigenvalue weighted by atomic mass is 10.1. The lowest BCUT2D eigenvalue weighted by molar-refractivity contribution is 0.282. The van der Waals surface area contributed by atoms with Crippen LogP contribution in [0.15, 0.2) is 47.0 Å². The van der Waals surface area contributed by atoms with Crippen molar-refractivity contribution in [3.05, 3.63) is 48.0 Å². The molecular weight excluding hydrogens is 320 g/mol. The number of hydrogen-bond donors (Lipinski definition) is 1. The molecule has 0 spiro atoms. The summed E-state index contributed by atoms with van der Waals surface area (Å²) in [5, 5.41) is 13.3. The maximum atomic E-state index is 9.25. The molecule has 3 rings (SSSR count). The highest BCUT2D eigenvalue weighted by Crippen LogP contribution is 2.33. The Kier molecular flexibility index (Phi) is 5.30. The van der Waals surface area contributed by atoms with Crippen LogP contribution in [0.5, 0.6) is 11.5 Å². The first-order chi connectivity index (χ1) is 12.2. The first kappa shape index (κ1) is 17.0. The molecular formula is C19H20N2O4. The minimum absolute atomic E-state index is 0.0326. The molecule has 0 amide bonds. The molecule has 1 N–H and O–H groups in total. The first-order valence-electron chi connectivity index (χ1n) is 8.19. The Balaban J connectivity index is 1.92. The van der Waals surface area contributed by atoms with Crippen LogP contribution in [0.4, 0.5) is 0 Å². The summed E-state index contributed by atoms with van der Waals surface area (Å²) in [5.74, 6) is 2.19. The average molecular weight is 340 g/mol. The van der Waals surface area contributed by atoms with Gasteiger partial charge >= 0.3 is 0 Å². The zero-order valence-corrected chi connectivity index (χ0v) is 14.2. The number of benzene rings is 2. The molecule has 0 radical (unpaired) electrons. The Bertz CT molecular complexity index is 845. The van der Waals surface area contributed by atoms with Crippen LogP contribution in [0.25, 0.3) is 22.8 Å². The second-order valence-electron chi connectivity index (χ2n) is 5.31. The maximum absolute atomic E-state index is 9.25. The third kappa shape index (κ3) is 3.80.